The van der Waals surface area contributed by atoms with E-state index in [1.807, 2.05) is 77.9 Å². The number of carbonyl (C=O) groups excluding carboxylic acids is 5. The third kappa shape index (κ3) is 11.8. The molecule has 0 aliphatic carbocycles. The van der Waals surface area contributed by atoms with Crippen molar-refractivity contribution in [3.63, 3.8) is 0 Å². The molecular formula is C40H65N6O7+. The van der Waals surface area contributed by atoms with Crippen LogP contribution in [0, 0.1) is 30.1 Å². The van der Waals surface area contributed by atoms with Crippen molar-refractivity contribution in [2.45, 2.75) is 110 Å². The molecule has 0 aromatic carbocycles. The smallest absolute Gasteiger partial charge is 0.379 e. The number of methoxy groups -OCH3 is 2. The first kappa shape index (κ1) is 45.3. The summed E-state index contributed by atoms with van der Waals surface area (Å²) in [6.45, 7) is 12.0. The summed E-state index contributed by atoms with van der Waals surface area (Å²) in [7, 11) is 8.42. The van der Waals surface area contributed by atoms with Crippen LogP contribution in [0.2, 0.25) is 0 Å². The maximum absolute atomic E-state index is 14.1. The Labute approximate surface area is 317 Å². The normalized spacial score (nSPS) is 21.2. The number of hydrogen-bond donors (Lipinski definition) is 2. The lowest BCUT2D eigenvalue weighted by Crippen LogP contribution is -2.55. The lowest BCUT2D eigenvalue weighted by molar-refractivity contribution is -0.431. The second-order valence-corrected chi connectivity index (χ2v) is 14.8. The van der Waals surface area contributed by atoms with Crippen molar-refractivity contribution in [1.29, 1.82) is 0 Å². The van der Waals surface area contributed by atoms with Gasteiger partial charge in [0.05, 0.1) is 55.6 Å². The van der Waals surface area contributed by atoms with Gasteiger partial charge in [-0.05, 0) is 51.6 Å². The second kappa shape index (κ2) is 21.7. The predicted octanol–water partition coefficient (Wildman–Crippen LogP) is 2.24. The molecule has 0 aromatic heterocycles. The minimum Gasteiger partial charge on any atom is -0.379 e. The molecule has 2 heterocycles. The number of allylic oxidation sites excluding steroid dienone is 4. The Morgan fingerprint density at radius 1 is 1.08 bits per heavy atom. The van der Waals surface area contributed by atoms with Gasteiger partial charge in [-0.1, -0.05) is 59.3 Å². The number of terminal acetylenes is 1. The fourth-order valence-electron chi connectivity index (χ4n) is 7.71. The lowest BCUT2D eigenvalue weighted by atomic mass is 9.90. The molecule has 2 aliphatic rings. The van der Waals surface area contributed by atoms with E-state index in [0.29, 0.717) is 19.4 Å². The first-order valence-corrected chi connectivity index (χ1v) is 18.8. The Bertz CT molecular complexity index is 1410. The predicted molar refractivity (Wildman–Crippen MR) is 206 cm³/mol. The van der Waals surface area contributed by atoms with Gasteiger partial charge in [0.2, 0.25) is 30.2 Å². The van der Waals surface area contributed by atoms with Gasteiger partial charge < -0.3 is 29.9 Å². The zero-order chi connectivity index (χ0) is 40.0. The Balaban J connectivity index is 2.18. The van der Waals surface area contributed by atoms with Crippen LogP contribution in [-0.2, 0) is 33.4 Å². The number of carbonyl (C=O) groups is 5. The van der Waals surface area contributed by atoms with Crippen molar-refractivity contribution in [1.82, 2.24) is 25.3 Å². The van der Waals surface area contributed by atoms with E-state index in [9.17, 15) is 24.0 Å². The summed E-state index contributed by atoms with van der Waals surface area (Å²) in [6.07, 6.45) is 14.1. The number of likely N-dealkylation sites (N-methyl/N-ethyl adjacent to an activating group) is 2. The summed E-state index contributed by atoms with van der Waals surface area (Å²) >= 11 is 0. The van der Waals surface area contributed by atoms with Crippen LogP contribution >= 0.6 is 0 Å². The molecule has 296 valence electrons. The van der Waals surface area contributed by atoms with Gasteiger partial charge in [-0.3, -0.25) is 24.1 Å². The number of nitrogens with zero attached hydrogens (tertiary/aromatic N) is 4. The Morgan fingerprint density at radius 3 is 2.30 bits per heavy atom. The molecule has 8 atom stereocenters. The summed E-state index contributed by atoms with van der Waals surface area (Å²) in [5, 5.41) is 5.71. The summed E-state index contributed by atoms with van der Waals surface area (Å²) in [5.74, 6) is 0.608. The molecule has 0 spiro atoms. The number of likely N-dealkylation sites (tertiary alicyclic amines) is 1. The van der Waals surface area contributed by atoms with Crippen molar-refractivity contribution < 1.29 is 38.0 Å². The van der Waals surface area contributed by atoms with E-state index in [2.05, 4.69) is 16.6 Å². The van der Waals surface area contributed by atoms with Crippen molar-refractivity contribution in [3.8, 4) is 12.3 Å². The van der Waals surface area contributed by atoms with E-state index < -0.39 is 30.2 Å². The summed E-state index contributed by atoms with van der Waals surface area (Å²) in [4.78, 5) is 72.5. The average molecular weight is 742 g/mol. The summed E-state index contributed by atoms with van der Waals surface area (Å²) in [6, 6.07) is -1.96. The molecule has 2 N–H and O–H groups in total. The zero-order valence-corrected chi connectivity index (χ0v) is 33.9. The monoisotopic (exact) mass is 741 g/mol. The third-order valence-corrected chi connectivity index (χ3v) is 10.7. The van der Waals surface area contributed by atoms with E-state index in [-0.39, 0.29) is 73.0 Å². The standard InChI is InChI=1S/C40H64N6O7/c1-13-16-17-19-29-23-30(40(51)45(29)21-14-2)42-38(49)28(7)37(53-12)31-20-18-22-46(31)33(47)24-32(52-11)36(27(6)15-3)44(10)34(48)25-41-39(50)35(26(4)5)43(8)9/h2,13,16-17,19,26-28,30-32,35-37H,15,18,20-25H2,1,3-12H3,(H-,41,42,49,50)/p+1. The molecule has 1 saturated heterocycles. The molecule has 2 aliphatic heterocycles. The molecule has 0 aromatic rings. The Kier molecular flexibility index (Phi) is 18.6. The maximum atomic E-state index is 14.1. The van der Waals surface area contributed by atoms with Crippen LogP contribution in [0.4, 0.5) is 0 Å². The van der Waals surface area contributed by atoms with Crippen molar-refractivity contribution in [3.05, 3.63) is 24.3 Å². The maximum Gasteiger partial charge on any atom is 0.410 e. The largest absolute Gasteiger partial charge is 0.410 e. The minimum atomic E-state index is -0.764. The molecule has 0 saturated carbocycles. The van der Waals surface area contributed by atoms with E-state index >= 15 is 0 Å². The molecule has 8 unspecified atom stereocenters. The van der Waals surface area contributed by atoms with Gasteiger partial charge in [-0.25, -0.2) is 4.79 Å². The highest BCUT2D eigenvalue weighted by Crippen LogP contribution is 2.29. The molecule has 13 heteroatoms. The highest BCUT2D eigenvalue weighted by molar-refractivity contribution is 6.03. The van der Waals surface area contributed by atoms with E-state index in [4.69, 9.17) is 15.9 Å². The van der Waals surface area contributed by atoms with E-state index in [1.54, 1.807) is 23.8 Å². The molecule has 13 nitrogen and oxygen atoms in total. The third-order valence-electron chi connectivity index (χ3n) is 10.7. The van der Waals surface area contributed by atoms with E-state index in [1.165, 1.54) is 18.8 Å². The number of nitrogens with one attached hydrogen (secondary N) is 2. The van der Waals surface area contributed by atoms with Crippen molar-refractivity contribution >= 4 is 35.2 Å². The van der Waals surface area contributed by atoms with Gasteiger partial charge in [-0.15, -0.1) is 6.42 Å². The number of hydrogen-bond acceptors (Lipinski definition) is 8. The van der Waals surface area contributed by atoms with Crippen molar-refractivity contribution in [2.75, 3.05) is 55.0 Å². The summed E-state index contributed by atoms with van der Waals surface area (Å²) < 4.78 is 13.3. The van der Waals surface area contributed by atoms with Crippen LogP contribution in [-0.4, -0.2) is 146 Å². The second-order valence-electron chi connectivity index (χ2n) is 14.8. The van der Waals surface area contributed by atoms with Crippen LogP contribution in [0.15, 0.2) is 24.3 Å². The molecule has 2 rings (SSSR count). The molecule has 53 heavy (non-hydrogen) atoms. The summed E-state index contributed by atoms with van der Waals surface area (Å²) in [5.41, 5.74) is 0.726. The molecule has 5 amide bonds. The van der Waals surface area contributed by atoms with Gasteiger partial charge in [0.1, 0.15) is 0 Å². The average Bonchev–Trinajstić information content (AvgIpc) is 3.71. The SMILES string of the molecule is C#CC[N+]1=C(C=CC=CC)CC(NC(=O)C(C)C(OC)C2CCCN2C(=O)CC(OC)C(C(C)CC)N(C)C(=O)CNC(=O)C(C(C)C)N(C)C)C1=O. The van der Waals surface area contributed by atoms with Gasteiger partial charge in [0.25, 0.3) is 0 Å². The molecular weight excluding hydrogens is 676 g/mol. The Morgan fingerprint density at radius 2 is 1.75 bits per heavy atom. The van der Waals surface area contributed by atoms with Crippen LogP contribution in [0.3, 0.4) is 0 Å². The highest BCUT2D eigenvalue weighted by atomic mass is 16.5. The number of rotatable bonds is 20. The molecule has 1 fully saturated rings. The van der Waals surface area contributed by atoms with Crippen LogP contribution in [0.25, 0.3) is 0 Å². The fourth-order valence-corrected chi connectivity index (χ4v) is 7.71. The van der Waals surface area contributed by atoms with Gasteiger partial charge in [0.15, 0.2) is 11.8 Å². The molecule has 0 radical (unpaired) electrons. The Hall–Kier alpha value is -3.86. The van der Waals surface area contributed by atoms with Crippen LogP contribution in [0.1, 0.15) is 73.6 Å². The molecule has 0 bridgehead atoms. The first-order valence-electron chi connectivity index (χ1n) is 18.8. The van der Waals surface area contributed by atoms with Crippen molar-refractivity contribution in [2.24, 2.45) is 17.8 Å². The topological polar surface area (TPSA) is 141 Å². The van der Waals surface area contributed by atoms with E-state index in [0.717, 1.165) is 18.6 Å². The highest BCUT2D eigenvalue weighted by Gasteiger charge is 2.45. The minimum absolute atomic E-state index is 0.0139. The lowest BCUT2D eigenvalue weighted by Gasteiger charge is -2.39. The van der Waals surface area contributed by atoms with Gasteiger partial charge in [0, 0.05) is 33.9 Å². The first-order chi connectivity index (χ1) is 25.1. The fraction of sp³-hybridized carbons (Fsp3) is 0.700. The quantitative estimate of drug-likeness (QED) is 0.110. The zero-order valence-electron chi connectivity index (χ0n) is 33.9. The van der Waals surface area contributed by atoms with Crippen LogP contribution < -0.4 is 10.6 Å². The van der Waals surface area contributed by atoms with Crippen LogP contribution in [0.5, 0.6) is 0 Å². The van der Waals surface area contributed by atoms with Gasteiger partial charge in [-0.2, -0.15) is 4.58 Å². The number of amides is 5. The van der Waals surface area contributed by atoms with Gasteiger partial charge >= 0.3 is 5.91 Å². The number of ether oxygens (including phenoxy) is 2.